The van der Waals surface area contributed by atoms with Gasteiger partial charge in [-0.05, 0) is 55.1 Å². The molecule has 26 heavy (non-hydrogen) atoms. The lowest BCUT2D eigenvalue weighted by Gasteiger charge is -2.20. The Morgan fingerprint density at radius 1 is 0.962 bits per heavy atom. The Hall–Kier alpha value is -3.05. The molecule has 2 aromatic heterocycles. The number of benzene rings is 1. The van der Waals surface area contributed by atoms with E-state index in [0.717, 1.165) is 17.7 Å². The van der Waals surface area contributed by atoms with Crippen molar-refractivity contribution in [2.45, 2.75) is 12.6 Å². The first-order valence-corrected chi connectivity index (χ1v) is 8.48. The van der Waals surface area contributed by atoms with Crippen LogP contribution >= 0.6 is 0 Å². The van der Waals surface area contributed by atoms with E-state index in [1.54, 1.807) is 36.9 Å². The standard InChI is InChI=1S/C21H22N4O/c1-25(2)15-16-5-7-17(8-6-16)20(18-9-12-22-13-10-18)24-21(26)19-4-3-11-23-14-19/h3-14,20H,15H2,1-2H3,(H,24,26). The van der Waals surface area contributed by atoms with E-state index < -0.39 is 0 Å². The lowest BCUT2D eigenvalue weighted by molar-refractivity contribution is 0.0942. The van der Waals surface area contributed by atoms with Gasteiger partial charge in [-0.1, -0.05) is 24.3 Å². The Labute approximate surface area is 153 Å². The highest BCUT2D eigenvalue weighted by Gasteiger charge is 2.18. The Kier molecular flexibility index (Phi) is 5.71. The van der Waals surface area contributed by atoms with Crippen molar-refractivity contribution in [1.82, 2.24) is 20.2 Å². The molecule has 1 N–H and O–H groups in total. The molecule has 0 bridgehead atoms. The first kappa shape index (κ1) is 17.8. The molecule has 1 amide bonds. The van der Waals surface area contributed by atoms with Gasteiger partial charge in [0.15, 0.2) is 0 Å². The van der Waals surface area contributed by atoms with Crippen molar-refractivity contribution < 1.29 is 4.79 Å². The zero-order valence-electron chi connectivity index (χ0n) is 15.0. The van der Waals surface area contributed by atoms with E-state index in [4.69, 9.17) is 0 Å². The van der Waals surface area contributed by atoms with Crippen LogP contribution in [0.3, 0.4) is 0 Å². The Morgan fingerprint density at radius 2 is 1.65 bits per heavy atom. The zero-order chi connectivity index (χ0) is 18.4. The SMILES string of the molecule is CN(C)Cc1ccc(C(NC(=O)c2cccnc2)c2ccncc2)cc1. The maximum atomic E-state index is 12.6. The lowest BCUT2D eigenvalue weighted by atomic mass is 9.98. The molecule has 0 aliphatic rings. The minimum atomic E-state index is -0.251. The molecule has 0 spiro atoms. The summed E-state index contributed by atoms with van der Waals surface area (Å²) in [7, 11) is 4.09. The van der Waals surface area contributed by atoms with Crippen molar-refractivity contribution in [1.29, 1.82) is 0 Å². The minimum absolute atomic E-state index is 0.155. The third kappa shape index (κ3) is 4.52. The molecule has 0 aliphatic carbocycles. The van der Waals surface area contributed by atoms with Gasteiger partial charge in [-0.3, -0.25) is 14.8 Å². The number of carbonyl (C=O) groups excluding carboxylic acids is 1. The summed E-state index contributed by atoms with van der Waals surface area (Å²) in [5.74, 6) is -0.155. The molecule has 5 nitrogen and oxygen atoms in total. The number of rotatable bonds is 6. The second kappa shape index (κ2) is 8.36. The fourth-order valence-electron chi connectivity index (χ4n) is 2.81. The molecule has 1 unspecified atom stereocenters. The van der Waals surface area contributed by atoms with Gasteiger partial charge in [-0.25, -0.2) is 0 Å². The summed E-state index contributed by atoms with van der Waals surface area (Å²) in [5, 5.41) is 3.11. The van der Waals surface area contributed by atoms with Crippen LogP contribution in [0.15, 0.2) is 73.3 Å². The van der Waals surface area contributed by atoms with Gasteiger partial charge in [0.25, 0.3) is 5.91 Å². The average molecular weight is 346 g/mol. The van der Waals surface area contributed by atoms with Gasteiger partial charge >= 0.3 is 0 Å². The number of aromatic nitrogens is 2. The second-order valence-corrected chi connectivity index (χ2v) is 6.41. The Morgan fingerprint density at radius 3 is 2.27 bits per heavy atom. The number of amides is 1. The second-order valence-electron chi connectivity index (χ2n) is 6.41. The Balaban J connectivity index is 1.88. The van der Waals surface area contributed by atoms with E-state index in [-0.39, 0.29) is 11.9 Å². The van der Waals surface area contributed by atoms with Crippen LogP contribution in [0.4, 0.5) is 0 Å². The van der Waals surface area contributed by atoms with Crippen LogP contribution in [0.5, 0.6) is 0 Å². The van der Waals surface area contributed by atoms with E-state index in [1.807, 2.05) is 26.2 Å². The molecule has 3 rings (SSSR count). The fraction of sp³-hybridized carbons (Fsp3) is 0.190. The van der Waals surface area contributed by atoms with E-state index >= 15 is 0 Å². The molecule has 2 heterocycles. The lowest BCUT2D eigenvalue weighted by Crippen LogP contribution is -2.29. The first-order chi connectivity index (χ1) is 12.6. The molecular formula is C21H22N4O. The van der Waals surface area contributed by atoms with Crippen molar-refractivity contribution in [2.24, 2.45) is 0 Å². The highest BCUT2D eigenvalue weighted by Crippen LogP contribution is 2.23. The smallest absolute Gasteiger partial charge is 0.253 e. The number of hydrogen-bond acceptors (Lipinski definition) is 4. The quantitative estimate of drug-likeness (QED) is 0.745. The molecule has 132 valence electrons. The van der Waals surface area contributed by atoms with E-state index in [2.05, 4.69) is 44.5 Å². The number of nitrogens with zero attached hydrogens (tertiary/aromatic N) is 3. The number of carbonyl (C=O) groups is 1. The van der Waals surface area contributed by atoms with E-state index in [1.165, 1.54) is 5.56 Å². The molecule has 0 fully saturated rings. The molecule has 1 aromatic carbocycles. The van der Waals surface area contributed by atoms with E-state index in [0.29, 0.717) is 5.56 Å². The van der Waals surface area contributed by atoms with Crippen LogP contribution < -0.4 is 5.32 Å². The third-order valence-corrected chi connectivity index (χ3v) is 4.05. The monoisotopic (exact) mass is 346 g/mol. The molecule has 0 radical (unpaired) electrons. The van der Waals surface area contributed by atoms with Crippen molar-refractivity contribution in [2.75, 3.05) is 14.1 Å². The highest BCUT2D eigenvalue weighted by molar-refractivity contribution is 5.94. The number of pyridine rings is 2. The van der Waals surface area contributed by atoms with Gasteiger partial charge in [0.05, 0.1) is 11.6 Å². The number of hydrogen-bond donors (Lipinski definition) is 1. The third-order valence-electron chi connectivity index (χ3n) is 4.05. The van der Waals surface area contributed by atoms with Gasteiger partial charge in [-0.2, -0.15) is 0 Å². The number of nitrogens with one attached hydrogen (secondary N) is 1. The van der Waals surface area contributed by atoms with Crippen LogP contribution in [0.25, 0.3) is 0 Å². The molecule has 5 heteroatoms. The van der Waals surface area contributed by atoms with Crippen molar-refractivity contribution in [3.8, 4) is 0 Å². The van der Waals surface area contributed by atoms with Crippen LogP contribution in [-0.2, 0) is 6.54 Å². The molecule has 0 saturated carbocycles. The molecule has 0 saturated heterocycles. The van der Waals surface area contributed by atoms with Crippen molar-refractivity contribution in [3.05, 3.63) is 95.6 Å². The topological polar surface area (TPSA) is 58.1 Å². The van der Waals surface area contributed by atoms with Crippen molar-refractivity contribution in [3.63, 3.8) is 0 Å². The highest BCUT2D eigenvalue weighted by atomic mass is 16.1. The van der Waals surface area contributed by atoms with E-state index in [9.17, 15) is 4.79 Å². The summed E-state index contributed by atoms with van der Waals surface area (Å²) in [5.41, 5.74) is 3.77. The van der Waals surface area contributed by atoms with Gasteiger partial charge in [0.1, 0.15) is 0 Å². The summed E-state index contributed by atoms with van der Waals surface area (Å²) in [6.45, 7) is 0.877. The largest absolute Gasteiger partial charge is 0.341 e. The maximum Gasteiger partial charge on any atom is 0.253 e. The fourth-order valence-corrected chi connectivity index (χ4v) is 2.81. The van der Waals surface area contributed by atoms with Crippen molar-refractivity contribution >= 4 is 5.91 Å². The summed E-state index contributed by atoms with van der Waals surface area (Å²) >= 11 is 0. The van der Waals surface area contributed by atoms with Gasteiger partial charge in [0.2, 0.25) is 0 Å². The summed E-state index contributed by atoms with van der Waals surface area (Å²) in [6.07, 6.45) is 6.69. The van der Waals surface area contributed by atoms with Crippen LogP contribution in [-0.4, -0.2) is 34.9 Å². The average Bonchev–Trinajstić information content (AvgIpc) is 2.67. The molecule has 0 aliphatic heterocycles. The Bertz CT molecular complexity index is 833. The van der Waals surface area contributed by atoms with Crippen LogP contribution in [0.1, 0.15) is 33.1 Å². The van der Waals surface area contributed by atoms with Gasteiger partial charge in [-0.15, -0.1) is 0 Å². The molecular weight excluding hydrogens is 324 g/mol. The summed E-state index contributed by atoms with van der Waals surface area (Å²) < 4.78 is 0. The normalized spacial score (nSPS) is 12.0. The molecule has 3 aromatic rings. The predicted molar refractivity (Wildman–Crippen MR) is 102 cm³/mol. The predicted octanol–water partition coefficient (Wildman–Crippen LogP) is 3.06. The first-order valence-electron chi connectivity index (χ1n) is 8.48. The van der Waals surface area contributed by atoms with Crippen LogP contribution in [0, 0.1) is 0 Å². The maximum absolute atomic E-state index is 12.6. The zero-order valence-corrected chi connectivity index (χ0v) is 15.0. The van der Waals surface area contributed by atoms with Gasteiger partial charge < -0.3 is 10.2 Å². The summed E-state index contributed by atoms with van der Waals surface area (Å²) in [4.78, 5) is 22.9. The van der Waals surface area contributed by atoms with Gasteiger partial charge in [0, 0.05) is 31.3 Å². The summed E-state index contributed by atoms with van der Waals surface area (Å²) in [6, 6.07) is 15.4. The molecule has 1 atom stereocenters. The van der Waals surface area contributed by atoms with Crippen LogP contribution in [0.2, 0.25) is 0 Å². The minimum Gasteiger partial charge on any atom is -0.341 e.